The Kier molecular flexibility index (Phi) is 7.54. The third-order valence-corrected chi connectivity index (χ3v) is 3.07. The average Bonchev–Trinajstić information content (AvgIpc) is 2.39. The summed E-state index contributed by atoms with van der Waals surface area (Å²) in [6.07, 6.45) is -0.190. The number of aryl methyl sites for hydroxylation is 1. The van der Waals surface area contributed by atoms with Gasteiger partial charge in [-0.3, -0.25) is 0 Å². The highest BCUT2D eigenvalue weighted by atomic mass is 16.6. The van der Waals surface area contributed by atoms with Gasteiger partial charge in [-0.25, -0.2) is 0 Å². The van der Waals surface area contributed by atoms with Crippen molar-refractivity contribution >= 4 is 5.69 Å². The first-order chi connectivity index (χ1) is 9.56. The molecule has 0 heterocycles. The molecule has 20 heavy (non-hydrogen) atoms. The van der Waals surface area contributed by atoms with E-state index in [1.807, 2.05) is 32.9 Å². The summed E-state index contributed by atoms with van der Waals surface area (Å²) < 4.78 is 10.4. The number of hydrogen-bond acceptors (Lipinski definition) is 5. The molecule has 0 aliphatic rings. The lowest BCUT2D eigenvalue weighted by atomic mass is 10.2. The van der Waals surface area contributed by atoms with Crippen molar-refractivity contribution < 1.29 is 19.7 Å². The van der Waals surface area contributed by atoms with Crippen LogP contribution in [0.1, 0.15) is 19.4 Å². The number of aliphatic hydroxyl groups is 2. The molecule has 1 rings (SSSR count). The lowest BCUT2D eigenvalue weighted by Gasteiger charge is -2.30. The smallest absolute Gasteiger partial charge is 0.143 e. The van der Waals surface area contributed by atoms with Gasteiger partial charge in [-0.15, -0.1) is 0 Å². The maximum atomic E-state index is 8.82. The van der Waals surface area contributed by atoms with Crippen LogP contribution >= 0.6 is 0 Å². The van der Waals surface area contributed by atoms with Gasteiger partial charge >= 0.3 is 0 Å². The Morgan fingerprint density at radius 1 is 0.950 bits per heavy atom. The second-order valence-electron chi connectivity index (χ2n) is 4.95. The second kappa shape index (κ2) is 8.92. The number of anilines is 1. The van der Waals surface area contributed by atoms with Gasteiger partial charge in [-0.05, 0) is 32.9 Å². The first-order valence-electron chi connectivity index (χ1n) is 6.83. The van der Waals surface area contributed by atoms with Gasteiger partial charge in [0.2, 0.25) is 0 Å². The number of hydrogen-bond donors (Lipinski definition) is 2. The van der Waals surface area contributed by atoms with Crippen molar-refractivity contribution in [3.05, 3.63) is 29.8 Å². The molecular weight excluding hydrogens is 258 g/mol. The summed E-state index contributed by atoms with van der Waals surface area (Å²) >= 11 is 0. The third kappa shape index (κ3) is 5.88. The molecule has 0 aliphatic carbocycles. The Labute approximate surface area is 120 Å². The molecule has 2 unspecified atom stereocenters. The molecule has 0 spiro atoms. The standard InChI is InChI=1S/C15H25NO4/c1-12-4-6-15(7-5-12)16(8-13(2)19-10-17)9-14(3)20-11-18/h4-7,13-14,17-18H,8-11H2,1-3H3. The van der Waals surface area contributed by atoms with Crippen LogP contribution in [0.3, 0.4) is 0 Å². The molecule has 0 aliphatic heterocycles. The fourth-order valence-electron chi connectivity index (χ4n) is 2.02. The van der Waals surface area contributed by atoms with E-state index in [0.717, 1.165) is 5.69 Å². The first kappa shape index (κ1) is 16.9. The van der Waals surface area contributed by atoms with E-state index < -0.39 is 0 Å². The Hall–Kier alpha value is -1.14. The first-order valence-corrected chi connectivity index (χ1v) is 6.83. The maximum absolute atomic E-state index is 8.82. The molecule has 0 saturated heterocycles. The fourth-order valence-corrected chi connectivity index (χ4v) is 2.02. The van der Waals surface area contributed by atoms with Crippen LogP contribution in [0.15, 0.2) is 24.3 Å². The van der Waals surface area contributed by atoms with Gasteiger partial charge in [0.25, 0.3) is 0 Å². The van der Waals surface area contributed by atoms with Gasteiger partial charge in [-0.2, -0.15) is 0 Å². The van der Waals surface area contributed by atoms with Crippen LogP contribution in [-0.4, -0.2) is 49.1 Å². The van der Waals surface area contributed by atoms with Crippen LogP contribution in [0.25, 0.3) is 0 Å². The Bertz CT molecular complexity index is 355. The van der Waals surface area contributed by atoms with Gasteiger partial charge in [-0.1, -0.05) is 17.7 Å². The van der Waals surface area contributed by atoms with Crippen LogP contribution in [0, 0.1) is 6.92 Å². The zero-order chi connectivity index (χ0) is 15.0. The van der Waals surface area contributed by atoms with E-state index in [0.29, 0.717) is 13.1 Å². The molecule has 0 radical (unpaired) electrons. The number of ether oxygens (including phenoxy) is 2. The molecule has 0 aromatic heterocycles. The molecule has 0 saturated carbocycles. The highest BCUT2D eigenvalue weighted by Gasteiger charge is 2.15. The van der Waals surface area contributed by atoms with E-state index in [9.17, 15) is 0 Å². The number of rotatable bonds is 9. The summed E-state index contributed by atoms with van der Waals surface area (Å²) in [5, 5.41) is 17.6. The normalized spacial score (nSPS) is 14.1. The highest BCUT2D eigenvalue weighted by Crippen LogP contribution is 2.17. The summed E-state index contributed by atoms with van der Waals surface area (Å²) in [6, 6.07) is 8.20. The van der Waals surface area contributed by atoms with E-state index in [-0.39, 0.29) is 25.8 Å². The molecule has 2 atom stereocenters. The third-order valence-electron chi connectivity index (χ3n) is 3.07. The van der Waals surface area contributed by atoms with E-state index >= 15 is 0 Å². The maximum Gasteiger partial charge on any atom is 0.143 e. The highest BCUT2D eigenvalue weighted by molar-refractivity contribution is 5.47. The summed E-state index contributed by atoms with van der Waals surface area (Å²) in [4.78, 5) is 2.13. The number of benzene rings is 1. The van der Waals surface area contributed by atoms with Crippen LogP contribution in [-0.2, 0) is 9.47 Å². The summed E-state index contributed by atoms with van der Waals surface area (Å²) in [5.41, 5.74) is 2.27. The molecule has 1 aromatic carbocycles. The SMILES string of the molecule is Cc1ccc(N(CC(C)OCO)CC(C)OCO)cc1. The second-order valence-corrected chi connectivity index (χ2v) is 4.95. The van der Waals surface area contributed by atoms with Crippen molar-refractivity contribution in [1.82, 2.24) is 0 Å². The summed E-state index contributed by atoms with van der Waals surface area (Å²) in [6.45, 7) is 6.58. The van der Waals surface area contributed by atoms with Crippen molar-refractivity contribution in [3.63, 3.8) is 0 Å². The minimum atomic E-state index is -0.286. The zero-order valence-corrected chi connectivity index (χ0v) is 12.5. The van der Waals surface area contributed by atoms with E-state index in [2.05, 4.69) is 17.0 Å². The van der Waals surface area contributed by atoms with Crippen LogP contribution in [0.5, 0.6) is 0 Å². The summed E-state index contributed by atoms with van der Waals surface area (Å²) in [7, 11) is 0. The Morgan fingerprint density at radius 2 is 1.40 bits per heavy atom. The monoisotopic (exact) mass is 283 g/mol. The van der Waals surface area contributed by atoms with E-state index in [4.69, 9.17) is 19.7 Å². The predicted octanol–water partition coefficient (Wildman–Crippen LogP) is 1.51. The molecule has 0 fully saturated rings. The topological polar surface area (TPSA) is 62.2 Å². The van der Waals surface area contributed by atoms with Crippen molar-refractivity contribution in [2.45, 2.75) is 33.0 Å². The molecule has 5 nitrogen and oxygen atoms in total. The minimum Gasteiger partial charge on any atom is -0.371 e. The molecular formula is C15H25NO4. The van der Waals surface area contributed by atoms with Crippen molar-refractivity contribution in [2.75, 3.05) is 31.6 Å². The minimum absolute atomic E-state index is 0.0948. The van der Waals surface area contributed by atoms with Gasteiger partial charge in [0.1, 0.15) is 13.6 Å². The quantitative estimate of drug-likeness (QED) is 0.673. The van der Waals surface area contributed by atoms with Gasteiger partial charge in [0.05, 0.1) is 12.2 Å². The van der Waals surface area contributed by atoms with Crippen LogP contribution in [0.4, 0.5) is 5.69 Å². The number of aliphatic hydroxyl groups excluding tert-OH is 2. The lowest BCUT2D eigenvalue weighted by Crippen LogP contribution is -2.38. The van der Waals surface area contributed by atoms with Gasteiger partial charge < -0.3 is 24.6 Å². The van der Waals surface area contributed by atoms with Crippen LogP contribution < -0.4 is 4.90 Å². The fraction of sp³-hybridized carbons (Fsp3) is 0.600. The van der Waals surface area contributed by atoms with Crippen LogP contribution in [0.2, 0.25) is 0 Å². The molecule has 1 aromatic rings. The Balaban J connectivity index is 2.74. The Morgan fingerprint density at radius 3 is 1.80 bits per heavy atom. The molecule has 2 N–H and O–H groups in total. The lowest BCUT2D eigenvalue weighted by molar-refractivity contribution is -0.0463. The zero-order valence-electron chi connectivity index (χ0n) is 12.5. The van der Waals surface area contributed by atoms with E-state index in [1.54, 1.807) is 0 Å². The van der Waals surface area contributed by atoms with Crippen molar-refractivity contribution in [3.8, 4) is 0 Å². The molecule has 114 valence electrons. The molecule has 0 bridgehead atoms. The van der Waals surface area contributed by atoms with Gasteiger partial charge in [0, 0.05) is 18.8 Å². The largest absolute Gasteiger partial charge is 0.371 e. The average molecular weight is 283 g/mol. The van der Waals surface area contributed by atoms with Crippen molar-refractivity contribution in [1.29, 1.82) is 0 Å². The van der Waals surface area contributed by atoms with Gasteiger partial charge in [0.15, 0.2) is 0 Å². The summed E-state index contributed by atoms with van der Waals surface area (Å²) in [5.74, 6) is 0. The predicted molar refractivity (Wildman–Crippen MR) is 78.7 cm³/mol. The molecule has 0 amide bonds. The number of nitrogens with zero attached hydrogens (tertiary/aromatic N) is 1. The van der Waals surface area contributed by atoms with Crippen molar-refractivity contribution in [2.24, 2.45) is 0 Å². The van der Waals surface area contributed by atoms with E-state index in [1.165, 1.54) is 5.56 Å². The molecule has 5 heteroatoms.